The Bertz CT molecular complexity index is 20.0. The van der Waals surface area contributed by atoms with Crippen molar-refractivity contribution in [2.75, 3.05) is 6.61 Å². The lowest BCUT2D eigenvalue weighted by atomic mass is 10.9. The zero-order valence-corrected chi connectivity index (χ0v) is 3.23. The first-order valence-electron chi connectivity index (χ1n) is 1.01. The smallest absolute Gasteiger partial charge is 0.0573 e. The molecule has 0 amide bonds. The quantitative estimate of drug-likeness (QED) is 0.392. The lowest BCUT2D eigenvalue weighted by Crippen LogP contribution is -1.77. The molecule has 0 aliphatic rings. The maximum Gasteiger partial charge on any atom is 0.0573 e. The van der Waals surface area contributed by atoms with Gasteiger partial charge in [0.05, 0.1) is 6.61 Å². The first kappa shape index (κ1) is 4.05. The predicted octanol–water partition coefficient (Wildman–Crippen LogP) is -1.05. The van der Waals surface area contributed by atoms with Crippen molar-refractivity contribution in [3.05, 3.63) is 0 Å². The first-order valence-corrected chi connectivity index (χ1v) is 1.59. The number of hydrogen-bond donors (Lipinski definition) is 1. The fourth-order valence-corrected chi connectivity index (χ4v) is 0. The second-order valence-electron chi connectivity index (χ2n) is 0.387. The van der Waals surface area contributed by atoms with Crippen LogP contribution in [0.5, 0.6) is 0 Å². The minimum atomic E-state index is 0.108. The SMILES string of the molecule is OCC=[Si]. The van der Waals surface area contributed by atoms with E-state index < -0.39 is 0 Å². The average molecular weight is 72.1 g/mol. The monoisotopic (exact) mass is 72.0 g/mol. The Balaban J connectivity index is 2.30. The van der Waals surface area contributed by atoms with Crippen LogP contribution < -0.4 is 0 Å². The summed E-state index contributed by atoms with van der Waals surface area (Å²) in [5.41, 5.74) is 1.49. The van der Waals surface area contributed by atoms with Gasteiger partial charge in [0.2, 0.25) is 0 Å². The summed E-state index contributed by atoms with van der Waals surface area (Å²) in [4.78, 5) is 0. The molecule has 0 heterocycles. The van der Waals surface area contributed by atoms with E-state index in [4.69, 9.17) is 5.11 Å². The Morgan fingerprint density at radius 3 is 2.25 bits per heavy atom. The molecule has 4 heavy (non-hydrogen) atoms. The number of hydrogen-bond acceptors (Lipinski definition) is 1. The maximum absolute atomic E-state index is 7.77. The second kappa shape index (κ2) is 3.05. The zero-order chi connectivity index (χ0) is 3.41. The van der Waals surface area contributed by atoms with Crippen molar-refractivity contribution in [3.63, 3.8) is 0 Å². The van der Waals surface area contributed by atoms with Gasteiger partial charge in [0, 0.05) is 9.85 Å². The van der Waals surface area contributed by atoms with Crippen LogP contribution in [0.4, 0.5) is 0 Å². The van der Waals surface area contributed by atoms with Crippen LogP contribution >= 0.6 is 0 Å². The van der Waals surface area contributed by atoms with E-state index in [1.807, 2.05) is 0 Å². The molecule has 0 aromatic carbocycles. The predicted molar refractivity (Wildman–Crippen MR) is 18.9 cm³/mol. The molecule has 0 aromatic rings. The van der Waals surface area contributed by atoms with Gasteiger partial charge in [-0.05, 0) is 0 Å². The summed E-state index contributed by atoms with van der Waals surface area (Å²) in [5, 5.41) is 7.77. The van der Waals surface area contributed by atoms with Gasteiger partial charge >= 0.3 is 0 Å². The Labute approximate surface area is 28.3 Å². The van der Waals surface area contributed by atoms with E-state index in [0.29, 0.717) is 0 Å². The minimum Gasteiger partial charge on any atom is -0.393 e. The van der Waals surface area contributed by atoms with Gasteiger partial charge in [-0.3, -0.25) is 0 Å². The third-order valence-electron chi connectivity index (χ3n) is 0.0913. The lowest BCUT2D eigenvalue weighted by molar-refractivity contribution is 0.363. The summed E-state index contributed by atoms with van der Waals surface area (Å²) in [7, 11) is 2.91. The van der Waals surface area contributed by atoms with Gasteiger partial charge in [-0.15, -0.1) is 0 Å². The van der Waals surface area contributed by atoms with Crippen LogP contribution in [-0.2, 0) is 0 Å². The van der Waals surface area contributed by atoms with Crippen LogP contribution in [0.2, 0.25) is 0 Å². The average Bonchev–Trinajstić information content (AvgIpc) is 1.37. The molecule has 0 atom stereocenters. The molecule has 0 aliphatic heterocycles. The second-order valence-corrected chi connectivity index (χ2v) is 0.795. The number of aliphatic hydroxyl groups is 1. The van der Waals surface area contributed by atoms with Gasteiger partial charge in [-0.2, -0.15) is 0 Å². The van der Waals surface area contributed by atoms with Gasteiger partial charge in [0.1, 0.15) is 0 Å². The van der Waals surface area contributed by atoms with Gasteiger partial charge < -0.3 is 5.11 Å². The van der Waals surface area contributed by atoms with Gasteiger partial charge in [0.15, 0.2) is 0 Å². The summed E-state index contributed by atoms with van der Waals surface area (Å²) in [6.45, 7) is 0.108. The molecule has 0 bridgehead atoms. The van der Waals surface area contributed by atoms with Crippen LogP contribution in [0.3, 0.4) is 0 Å². The summed E-state index contributed by atoms with van der Waals surface area (Å²) in [6.07, 6.45) is 0. The van der Waals surface area contributed by atoms with Crippen molar-refractivity contribution in [1.29, 1.82) is 0 Å². The molecule has 2 radical (unpaired) electrons. The third kappa shape index (κ3) is 2.05. The van der Waals surface area contributed by atoms with Crippen LogP contribution in [0.15, 0.2) is 0 Å². The highest BCUT2D eigenvalue weighted by molar-refractivity contribution is 6.27. The Morgan fingerprint density at radius 1 is 2.00 bits per heavy atom. The minimum absolute atomic E-state index is 0.108. The van der Waals surface area contributed by atoms with Gasteiger partial charge in [0.25, 0.3) is 0 Å². The highest BCUT2D eigenvalue weighted by Crippen LogP contribution is 1.26. The van der Waals surface area contributed by atoms with E-state index in [1.165, 1.54) is 5.67 Å². The molecule has 0 aliphatic carbocycles. The summed E-state index contributed by atoms with van der Waals surface area (Å²) < 4.78 is 0. The molecular formula is C2H4OSi. The molecule has 22 valence electrons. The van der Waals surface area contributed by atoms with Gasteiger partial charge in [-0.1, -0.05) is 5.67 Å². The maximum atomic E-state index is 7.77. The molecule has 0 saturated heterocycles. The summed E-state index contributed by atoms with van der Waals surface area (Å²) in [5.74, 6) is 0. The molecule has 0 rings (SSSR count). The van der Waals surface area contributed by atoms with Crippen molar-refractivity contribution < 1.29 is 5.11 Å². The van der Waals surface area contributed by atoms with Crippen LogP contribution in [-0.4, -0.2) is 27.2 Å². The summed E-state index contributed by atoms with van der Waals surface area (Å²) >= 11 is 0. The van der Waals surface area contributed by atoms with E-state index in [0.717, 1.165) is 0 Å². The fraction of sp³-hybridized carbons (Fsp3) is 0.500. The van der Waals surface area contributed by atoms with Crippen LogP contribution in [0.25, 0.3) is 0 Å². The van der Waals surface area contributed by atoms with Crippen molar-refractivity contribution in [2.24, 2.45) is 0 Å². The van der Waals surface area contributed by atoms with Crippen molar-refractivity contribution >= 4 is 15.5 Å². The largest absolute Gasteiger partial charge is 0.393 e. The Kier molecular flexibility index (Phi) is 3.08. The standard InChI is InChI=1S/C2H4OSi/c3-1-2-4/h2-3H,1H2. The molecule has 1 N–H and O–H groups in total. The molecule has 0 unspecified atom stereocenters. The number of aliphatic hydroxyl groups excluding tert-OH is 1. The first-order chi connectivity index (χ1) is 1.91. The normalized spacial score (nSPS) is 6.25. The molecular weight excluding hydrogens is 68.1 g/mol. The van der Waals surface area contributed by atoms with Crippen LogP contribution in [0, 0.1) is 0 Å². The Hall–Kier alpha value is 0.0469. The number of rotatable bonds is 1. The van der Waals surface area contributed by atoms with E-state index in [2.05, 4.69) is 9.85 Å². The molecule has 0 spiro atoms. The van der Waals surface area contributed by atoms with E-state index >= 15 is 0 Å². The van der Waals surface area contributed by atoms with Gasteiger partial charge in [-0.25, -0.2) is 0 Å². The lowest BCUT2D eigenvalue weighted by Gasteiger charge is -1.60. The van der Waals surface area contributed by atoms with Crippen molar-refractivity contribution in [1.82, 2.24) is 0 Å². The molecule has 0 aromatic heterocycles. The topological polar surface area (TPSA) is 20.2 Å². The molecule has 0 fully saturated rings. The van der Waals surface area contributed by atoms with Crippen molar-refractivity contribution in [3.8, 4) is 0 Å². The van der Waals surface area contributed by atoms with E-state index in [1.54, 1.807) is 0 Å². The highest BCUT2D eigenvalue weighted by atomic mass is 28.1. The molecule has 1 nitrogen and oxygen atoms in total. The summed E-state index contributed by atoms with van der Waals surface area (Å²) in [6, 6.07) is 0. The van der Waals surface area contributed by atoms with Crippen LogP contribution in [0.1, 0.15) is 0 Å². The van der Waals surface area contributed by atoms with Crippen molar-refractivity contribution in [2.45, 2.75) is 0 Å². The van der Waals surface area contributed by atoms with E-state index in [9.17, 15) is 0 Å². The zero-order valence-electron chi connectivity index (χ0n) is 2.23. The Morgan fingerprint density at radius 2 is 2.25 bits per heavy atom. The third-order valence-corrected chi connectivity index (χ3v) is 0.274. The molecule has 0 saturated carbocycles. The highest BCUT2D eigenvalue weighted by Gasteiger charge is 1.45. The van der Waals surface area contributed by atoms with E-state index in [-0.39, 0.29) is 6.61 Å². The molecule has 2 heteroatoms. The fourth-order valence-electron chi connectivity index (χ4n) is 0.